The van der Waals surface area contributed by atoms with E-state index in [4.69, 9.17) is 9.47 Å². The highest BCUT2D eigenvalue weighted by Crippen LogP contribution is 2.28. The van der Waals surface area contributed by atoms with Crippen molar-refractivity contribution in [3.05, 3.63) is 29.3 Å². The lowest BCUT2D eigenvalue weighted by Gasteiger charge is -2.20. The third kappa shape index (κ3) is 3.24. The van der Waals surface area contributed by atoms with Gasteiger partial charge in [0.15, 0.2) is 0 Å². The second-order valence-electron chi connectivity index (χ2n) is 5.04. The van der Waals surface area contributed by atoms with Crippen molar-refractivity contribution < 1.29 is 9.47 Å². The zero-order valence-corrected chi connectivity index (χ0v) is 11.5. The van der Waals surface area contributed by atoms with Gasteiger partial charge in [0, 0.05) is 32.2 Å². The van der Waals surface area contributed by atoms with Gasteiger partial charge in [-0.25, -0.2) is 0 Å². The van der Waals surface area contributed by atoms with Crippen molar-refractivity contribution in [2.24, 2.45) is 0 Å². The van der Waals surface area contributed by atoms with E-state index in [1.54, 1.807) is 7.11 Å². The second kappa shape index (κ2) is 6.21. The Balaban J connectivity index is 1.94. The molecule has 1 aromatic rings. The first-order valence-corrected chi connectivity index (χ1v) is 6.71. The maximum Gasteiger partial charge on any atom is 0.122 e. The number of rotatable bonds is 6. The average molecular weight is 249 g/mol. The quantitative estimate of drug-likeness (QED) is 0.841. The summed E-state index contributed by atoms with van der Waals surface area (Å²) in [6, 6.07) is 7.34. The molecule has 100 valence electrons. The van der Waals surface area contributed by atoms with Gasteiger partial charge in [-0.1, -0.05) is 12.1 Å². The fourth-order valence-corrected chi connectivity index (χ4v) is 2.38. The number of nitrogens with one attached hydrogen (secondary N) is 1. The highest BCUT2D eigenvalue weighted by molar-refractivity contribution is 5.40. The molecule has 1 N–H and O–H groups in total. The van der Waals surface area contributed by atoms with Gasteiger partial charge in [0.25, 0.3) is 0 Å². The van der Waals surface area contributed by atoms with Crippen molar-refractivity contribution in [1.29, 1.82) is 0 Å². The first kappa shape index (κ1) is 13.4. The second-order valence-corrected chi connectivity index (χ2v) is 5.04. The number of methoxy groups -OCH3 is 1. The summed E-state index contributed by atoms with van der Waals surface area (Å²) in [6.07, 6.45) is 2.07. The van der Waals surface area contributed by atoms with Crippen LogP contribution in [0.5, 0.6) is 5.75 Å². The van der Waals surface area contributed by atoms with Crippen LogP contribution in [0.25, 0.3) is 0 Å². The van der Waals surface area contributed by atoms with Gasteiger partial charge < -0.3 is 14.8 Å². The first-order valence-electron chi connectivity index (χ1n) is 6.71. The Bertz CT molecular complexity index is 392. The van der Waals surface area contributed by atoms with Gasteiger partial charge >= 0.3 is 0 Å². The summed E-state index contributed by atoms with van der Waals surface area (Å²) in [5.41, 5.74) is 2.68. The lowest BCUT2D eigenvalue weighted by atomic mass is 10.0. The van der Waals surface area contributed by atoms with Crippen LogP contribution < -0.4 is 10.1 Å². The van der Waals surface area contributed by atoms with Gasteiger partial charge in [0.2, 0.25) is 0 Å². The maximum absolute atomic E-state index is 5.53. The molecular weight excluding hydrogens is 226 g/mol. The number of ether oxygens (including phenoxy) is 2. The Morgan fingerprint density at radius 1 is 1.39 bits per heavy atom. The van der Waals surface area contributed by atoms with Crippen LogP contribution in [-0.4, -0.2) is 26.4 Å². The molecule has 18 heavy (non-hydrogen) atoms. The molecule has 3 nitrogen and oxygen atoms in total. The predicted octanol–water partition coefficient (Wildman–Crippen LogP) is 2.70. The summed E-state index contributed by atoms with van der Waals surface area (Å²) in [6.45, 7) is 6.04. The van der Waals surface area contributed by atoms with Crippen LogP contribution in [0.3, 0.4) is 0 Å². The van der Waals surface area contributed by atoms with Crippen molar-refractivity contribution in [3.63, 3.8) is 0 Å². The van der Waals surface area contributed by atoms with Crippen LogP contribution in [0.1, 0.15) is 37.4 Å². The molecule has 0 spiro atoms. The van der Waals surface area contributed by atoms with Crippen molar-refractivity contribution in [2.75, 3.05) is 20.3 Å². The SMILES string of the molecule is COCCC(C)NC(C)c1ccc2c(c1)CCO2. The average Bonchev–Trinajstić information content (AvgIpc) is 2.83. The van der Waals surface area contributed by atoms with Crippen molar-refractivity contribution in [3.8, 4) is 5.75 Å². The summed E-state index contributed by atoms with van der Waals surface area (Å²) < 4.78 is 10.6. The summed E-state index contributed by atoms with van der Waals surface area (Å²) in [4.78, 5) is 0. The van der Waals surface area contributed by atoms with E-state index in [1.165, 1.54) is 11.1 Å². The molecule has 0 amide bonds. The fourth-order valence-electron chi connectivity index (χ4n) is 2.38. The minimum absolute atomic E-state index is 0.364. The Kier molecular flexibility index (Phi) is 4.61. The van der Waals surface area contributed by atoms with E-state index in [2.05, 4.69) is 37.4 Å². The zero-order valence-electron chi connectivity index (χ0n) is 11.5. The van der Waals surface area contributed by atoms with E-state index in [9.17, 15) is 0 Å². The number of hydrogen-bond acceptors (Lipinski definition) is 3. The molecule has 0 fully saturated rings. The molecule has 0 radical (unpaired) electrons. The number of fused-ring (bicyclic) bond motifs is 1. The summed E-state index contributed by atoms with van der Waals surface area (Å²) in [5.74, 6) is 1.05. The predicted molar refractivity (Wildman–Crippen MR) is 73.1 cm³/mol. The van der Waals surface area contributed by atoms with E-state index in [-0.39, 0.29) is 0 Å². The summed E-state index contributed by atoms with van der Waals surface area (Å²) in [7, 11) is 1.75. The number of hydrogen-bond donors (Lipinski definition) is 1. The molecule has 2 rings (SSSR count). The smallest absolute Gasteiger partial charge is 0.122 e. The third-order valence-electron chi connectivity index (χ3n) is 3.50. The highest BCUT2D eigenvalue weighted by atomic mass is 16.5. The normalized spacial score (nSPS) is 17.1. The van der Waals surface area contributed by atoms with E-state index in [0.29, 0.717) is 12.1 Å². The van der Waals surface area contributed by atoms with E-state index >= 15 is 0 Å². The van der Waals surface area contributed by atoms with Crippen LogP contribution >= 0.6 is 0 Å². The van der Waals surface area contributed by atoms with Crippen LogP contribution in [-0.2, 0) is 11.2 Å². The summed E-state index contributed by atoms with van der Waals surface area (Å²) >= 11 is 0. The highest BCUT2D eigenvalue weighted by Gasteiger charge is 2.15. The first-order chi connectivity index (χ1) is 8.70. The minimum atomic E-state index is 0.364. The molecule has 0 saturated heterocycles. The van der Waals surface area contributed by atoms with E-state index in [1.807, 2.05) is 0 Å². The molecule has 0 aromatic heterocycles. The Morgan fingerprint density at radius 3 is 3.00 bits per heavy atom. The van der Waals surface area contributed by atoms with Crippen molar-refractivity contribution in [2.45, 2.75) is 38.8 Å². The largest absolute Gasteiger partial charge is 0.493 e. The molecule has 1 aliphatic rings. The third-order valence-corrected chi connectivity index (χ3v) is 3.50. The van der Waals surface area contributed by atoms with Crippen molar-refractivity contribution >= 4 is 0 Å². The molecule has 0 saturated carbocycles. The Morgan fingerprint density at radius 2 is 2.22 bits per heavy atom. The van der Waals surface area contributed by atoms with Crippen molar-refractivity contribution in [1.82, 2.24) is 5.32 Å². The van der Waals surface area contributed by atoms with Gasteiger partial charge in [-0.2, -0.15) is 0 Å². The fraction of sp³-hybridized carbons (Fsp3) is 0.600. The molecule has 0 aliphatic carbocycles. The topological polar surface area (TPSA) is 30.5 Å². The molecule has 0 bridgehead atoms. The van der Waals surface area contributed by atoms with Crippen LogP contribution in [0.2, 0.25) is 0 Å². The molecule has 1 aliphatic heterocycles. The van der Waals surface area contributed by atoms with Gasteiger partial charge in [0.05, 0.1) is 6.61 Å². The molecule has 1 aromatic carbocycles. The van der Waals surface area contributed by atoms with Crippen LogP contribution in [0, 0.1) is 0 Å². The van der Waals surface area contributed by atoms with E-state index in [0.717, 1.165) is 31.8 Å². The van der Waals surface area contributed by atoms with Gasteiger partial charge in [-0.05, 0) is 37.5 Å². The molecule has 1 heterocycles. The molecular formula is C15H23NO2. The van der Waals surface area contributed by atoms with Gasteiger partial charge in [-0.15, -0.1) is 0 Å². The van der Waals surface area contributed by atoms with Crippen LogP contribution in [0.4, 0.5) is 0 Å². The number of benzene rings is 1. The Labute approximate surface area is 109 Å². The van der Waals surface area contributed by atoms with Crippen LogP contribution in [0.15, 0.2) is 18.2 Å². The molecule has 2 unspecified atom stereocenters. The van der Waals surface area contributed by atoms with E-state index < -0.39 is 0 Å². The zero-order chi connectivity index (χ0) is 13.0. The molecule has 3 heteroatoms. The van der Waals surface area contributed by atoms with Gasteiger partial charge in [-0.3, -0.25) is 0 Å². The Hall–Kier alpha value is -1.06. The van der Waals surface area contributed by atoms with Gasteiger partial charge in [0.1, 0.15) is 5.75 Å². The monoisotopic (exact) mass is 249 g/mol. The lowest BCUT2D eigenvalue weighted by Crippen LogP contribution is -2.29. The molecule has 2 atom stereocenters. The minimum Gasteiger partial charge on any atom is -0.493 e. The standard InChI is InChI=1S/C15H23NO2/c1-11(6-8-17-3)16-12(2)13-4-5-15-14(10-13)7-9-18-15/h4-5,10-12,16H,6-9H2,1-3H3. The maximum atomic E-state index is 5.53. The lowest BCUT2D eigenvalue weighted by molar-refractivity contribution is 0.183. The summed E-state index contributed by atoms with van der Waals surface area (Å²) in [5, 5.41) is 3.60.